The third kappa shape index (κ3) is 4.73. The van der Waals surface area contributed by atoms with Crippen LogP contribution in [-0.2, 0) is 13.2 Å². The minimum absolute atomic E-state index is 0.000793. The fourth-order valence-electron chi connectivity index (χ4n) is 2.62. The maximum atomic E-state index is 12.4. The summed E-state index contributed by atoms with van der Waals surface area (Å²) in [5, 5.41) is 9.14. The number of amides is 1. The molecule has 2 heterocycles. The van der Waals surface area contributed by atoms with Crippen molar-refractivity contribution >= 4 is 17.2 Å². The van der Waals surface area contributed by atoms with Gasteiger partial charge in [-0.05, 0) is 55.5 Å². The summed E-state index contributed by atoms with van der Waals surface area (Å²) >= 11 is 1.44. The van der Waals surface area contributed by atoms with Gasteiger partial charge in [0.05, 0.1) is 11.4 Å². The molecule has 0 spiro atoms. The van der Waals surface area contributed by atoms with Crippen LogP contribution in [0.3, 0.4) is 0 Å². The molecule has 5 nitrogen and oxygen atoms in total. The lowest BCUT2D eigenvalue weighted by molar-refractivity contribution is 0.0940. The summed E-state index contributed by atoms with van der Waals surface area (Å²) in [4.78, 5) is 13.1. The highest BCUT2D eigenvalue weighted by Crippen LogP contribution is 2.22. The van der Waals surface area contributed by atoms with Gasteiger partial charge in [-0.2, -0.15) is 5.10 Å². The molecule has 1 amide bonds. The summed E-state index contributed by atoms with van der Waals surface area (Å²) in [6, 6.07) is 9.92. The van der Waals surface area contributed by atoms with Crippen LogP contribution < -0.4 is 10.1 Å². The number of aryl methyl sites for hydroxylation is 2. The minimum atomic E-state index is -0.0624. The number of nitrogens with one attached hydrogen (secondary N) is 1. The van der Waals surface area contributed by atoms with Crippen molar-refractivity contribution in [3.05, 3.63) is 69.7 Å². The Hall–Kier alpha value is -2.60. The second-order valence-corrected chi connectivity index (χ2v) is 7.39. The smallest absolute Gasteiger partial charge is 0.261 e. The van der Waals surface area contributed by atoms with Gasteiger partial charge in [-0.3, -0.25) is 9.48 Å². The molecule has 0 saturated heterocycles. The molecule has 1 N–H and O–H groups in total. The van der Waals surface area contributed by atoms with Crippen LogP contribution in [-0.4, -0.2) is 21.7 Å². The zero-order valence-corrected chi connectivity index (χ0v) is 16.0. The van der Waals surface area contributed by atoms with E-state index in [-0.39, 0.29) is 11.9 Å². The van der Waals surface area contributed by atoms with Crippen molar-refractivity contribution in [1.29, 1.82) is 0 Å². The molecule has 3 aromatic rings. The Morgan fingerprint density at radius 3 is 2.96 bits per heavy atom. The van der Waals surface area contributed by atoms with E-state index in [9.17, 15) is 4.79 Å². The highest BCUT2D eigenvalue weighted by atomic mass is 32.1. The molecule has 3 rings (SSSR count). The van der Waals surface area contributed by atoms with E-state index in [0.29, 0.717) is 18.0 Å². The second kappa shape index (κ2) is 8.19. The van der Waals surface area contributed by atoms with E-state index < -0.39 is 0 Å². The molecule has 6 heteroatoms. The predicted octanol–water partition coefficient (Wildman–Crippen LogP) is 3.96. The standard InChI is InChI=1S/C20H23N3O2S/c1-14-5-6-15(2)18(9-14)25-12-17-10-19(26-13-17)20(24)22-16(3)11-23-8-4-7-21-23/h4-10,13,16H,11-12H2,1-3H3,(H,22,24). The predicted molar refractivity (Wildman–Crippen MR) is 104 cm³/mol. The average molecular weight is 369 g/mol. The first-order valence-corrected chi connectivity index (χ1v) is 9.45. The lowest BCUT2D eigenvalue weighted by Gasteiger charge is -2.13. The number of aromatic nitrogens is 2. The fraction of sp³-hybridized carbons (Fsp3) is 0.300. The molecule has 0 fully saturated rings. The zero-order valence-electron chi connectivity index (χ0n) is 15.2. The minimum Gasteiger partial charge on any atom is -0.489 e. The van der Waals surface area contributed by atoms with E-state index in [0.717, 1.165) is 16.9 Å². The van der Waals surface area contributed by atoms with Gasteiger partial charge in [0.2, 0.25) is 0 Å². The maximum Gasteiger partial charge on any atom is 0.261 e. The zero-order chi connectivity index (χ0) is 18.5. The number of hydrogen-bond donors (Lipinski definition) is 1. The third-order valence-corrected chi connectivity index (χ3v) is 4.99. The summed E-state index contributed by atoms with van der Waals surface area (Å²) < 4.78 is 7.72. The molecule has 0 aliphatic rings. The van der Waals surface area contributed by atoms with E-state index in [2.05, 4.69) is 22.5 Å². The van der Waals surface area contributed by atoms with Crippen LogP contribution in [0.15, 0.2) is 48.1 Å². The van der Waals surface area contributed by atoms with Crippen molar-refractivity contribution < 1.29 is 9.53 Å². The Morgan fingerprint density at radius 1 is 1.35 bits per heavy atom. The van der Waals surface area contributed by atoms with E-state index in [1.165, 1.54) is 16.9 Å². The van der Waals surface area contributed by atoms with Crippen molar-refractivity contribution in [3.63, 3.8) is 0 Å². The van der Waals surface area contributed by atoms with Crippen molar-refractivity contribution in [2.75, 3.05) is 0 Å². The number of benzene rings is 1. The topological polar surface area (TPSA) is 56.1 Å². The number of ether oxygens (including phenoxy) is 1. The molecule has 0 radical (unpaired) electrons. The highest BCUT2D eigenvalue weighted by molar-refractivity contribution is 7.12. The molecule has 0 aliphatic heterocycles. The summed E-state index contributed by atoms with van der Waals surface area (Å²) in [5.41, 5.74) is 3.28. The quantitative estimate of drug-likeness (QED) is 0.686. The molecule has 1 unspecified atom stereocenters. The van der Waals surface area contributed by atoms with E-state index in [4.69, 9.17) is 4.74 Å². The first kappa shape index (κ1) is 18.2. The van der Waals surface area contributed by atoms with Gasteiger partial charge in [-0.1, -0.05) is 12.1 Å². The number of carbonyl (C=O) groups is 1. The summed E-state index contributed by atoms with van der Waals surface area (Å²) in [5.74, 6) is 0.822. The van der Waals surface area contributed by atoms with Crippen molar-refractivity contribution in [2.45, 2.75) is 40.0 Å². The summed E-state index contributed by atoms with van der Waals surface area (Å²) in [6.07, 6.45) is 3.62. The lowest BCUT2D eigenvalue weighted by Crippen LogP contribution is -2.35. The van der Waals surface area contributed by atoms with E-state index in [1.807, 2.05) is 55.2 Å². The molecular weight excluding hydrogens is 346 g/mol. The van der Waals surface area contributed by atoms with Crippen LogP contribution in [0.5, 0.6) is 5.75 Å². The SMILES string of the molecule is Cc1ccc(C)c(OCc2csc(C(=O)NC(C)Cn3cccn3)c2)c1. The van der Waals surface area contributed by atoms with Gasteiger partial charge >= 0.3 is 0 Å². The molecule has 0 aliphatic carbocycles. The third-order valence-electron chi connectivity index (χ3n) is 4.01. The maximum absolute atomic E-state index is 12.4. The molecule has 0 saturated carbocycles. The number of rotatable bonds is 7. The van der Waals surface area contributed by atoms with Crippen molar-refractivity contribution in [1.82, 2.24) is 15.1 Å². The van der Waals surface area contributed by atoms with Gasteiger partial charge in [0.1, 0.15) is 12.4 Å². The Morgan fingerprint density at radius 2 is 2.19 bits per heavy atom. The summed E-state index contributed by atoms with van der Waals surface area (Å²) in [7, 11) is 0. The van der Waals surface area contributed by atoms with Crippen LogP contribution in [0.1, 0.15) is 33.3 Å². The van der Waals surface area contributed by atoms with Crippen LogP contribution in [0, 0.1) is 13.8 Å². The number of thiophene rings is 1. The Labute approximate surface area is 157 Å². The Balaban J connectivity index is 1.55. The fourth-order valence-corrected chi connectivity index (χ4v) is 3.42. The van der Waals surface area contributed by atoms with Crippen molar-refractivity contribution in [2.24, 2.45) is 0 Å². The van der Waals surface area contributed by atoms with Crippen molar-refractivity contribution in [3.8, 4) is 5.75 Å². The van der Waals surface area contributed by atoms with Gasteiger partial charge in [0, 0.05) is 24.0 Å². The van der Waals surface area contributed by atoms with Gasteiger partial charge < -0.3 is 10.1 Å². The molecule has 0 bridgehead atoms. The van der Waals surface area contributed by atoms with Gasteiger partial charge in [-0.25, -0.2) is 0 Å². The van der Waals surface area contributed by atoms with Crippen LogP contribution in [0.2, 0.25) is 0 Å². The normalized spacial score (nSPS) is 12.0. The molecular formula is C20H23N3O2S. The lowest BCUT2D eigenvalue weighted by atomic mass is 10.1. The highest BCUT2D eigenvalue weighted by Gasteiger charge is 2.13. The molecule has 2 aromatic heterocycles. The van der Waals surface area contributed by atoms with Gasteiger partial charge in [-0.15, -0.1) is 11.3 Å². The van der Waals surface area contributed by atoms with Crippen LogP contribution in [0.4, 0.5) is 0 Å². The van der Waals surface area contributed by atoms with Crippen LogP contribution in [0.25, 0.3) is 0 Å². The first-order chi connectivity index (χ1) is 12.5. The first-order valence-electron chi connectivity index (χ1n) is 8.57. The number of nitrogens with zero attached hydrogens (tertiary/aromatic N) is 2. The van der Waals surface area contributed by atoms with Crippen LogP contribution >= 0.6 is 11.3 Å². The average Bonchev–Trinajstić information content (AvgIpc) is 3.27. The van der Waals surface area contributed by atoms with E-state index >= 15 is 0 Å². The molecule has 1 atom stereocenters. The molecule has 26 heavy (non-hydrogen) atoms. The monoisotopic (exact) mass is 369 g/mol. The largest absolute Gasteiger partial charge is 0.489 e. The van der Waals surface area contributed by atoms with Gasteiger partial charge in [0.25, 0.3) is 5.91 Å². The summed E-state index contributed by atoms with van der Waals surface area (Å²) in [6.45, 7) is 7.15. The number of carbonyl (C=O) groups excluding carboxylic acids is 1. The molecule has 1 aromatic carbocycles. The van der Waals surface area contributed by atoms with E-state index in [1.54, 1.807) is 6.20 Å². The second-order valence-electron chi connectivity index (χ2n) is 6.48. The Kier molecular flexibility index (Phi) is 5.73. The number of hydrogen-bond acceptors (Lipinski definition) is 4. The Bertz CT molecular complexity index is 871. The van der Waals surface area contributed by atoms with Gasteiger partial charge in [0.15, 0.2) is 0 Å². The molecule has 136 valence electrons.